The number of nitrogens with one attached hydrogen (secondary N) is 2. The first kappa shape index (κ1) is 25.4. The van der Waals surface area contributed by atoms with Crippen molar-refractivity contribution >= 4 is 39.1 Å². The third-order valence-electron chi connectivity index (χ3n) is 7.27. The van der Waals surface area contributed by atoms with Gasteiger partial charge < -0.3 is 25.0 Å². The van der Waals surface area contributed by atoms with Crippen LogP contribution < -0.4 is 20.3 Å². The highest BCUT2D eigenvalue weighted by Crippen LogP contribution is 2.31. The maximum Gasteiger partial charge on any atom is 0.317 e. The minimum atomic E-state index is -0.501. The molecular formula is C28H32FN7O3. The van der Waals surface area contributed by atoms with Crippen LogP contribution in [0, 0.1) is 5.82 Å². The lowest BCUT2D eigenvalue weighted by molar-refractivity contribution is -0.0128. The molecule has 2 aromatic carbocycles. The first-order valence-corrected chi connectivity index (χ1v) is 13.4. The number of piperazine rings is 1. The van der Waals surface area contributed by atoms with Crippen molar-refractivity contribution in [3.05, 3.63) is 48.0 Å². The van der Waals surface area contributed by atoms with E-state index in [1.165, 1.54) is 6.07 Å². The van der Waals surface area contributed by atoms with Gasteiger partial charge in [0.1, 0.15) is 12.1 Å². The lowest BCUT2D eigenvalue weighted by Gasteiger charge is -2.34. The van der Waals surface area contributed by atoms with Crippen molar-refractivity contribution in [2.45, 2.75) is 38.3 Å². The van der Waals surface area contributed by atoms with E-state index < -0.39 is 11.7 Å². The van der Waals surface area contributed by atoms with E-state index in [1.54, 1.807) is 36.3 Å². The van der Waals surface area contributed by atoms with Crippen LogP contribution in [0.4, 0.5) is 15.8 Å². The summed E-state index contributed by atoms with van der Waals surface area (Å²) in [5.74, 6) is -0.900. The average Bonchev–Trinajstić information content (AvgIpc) is 3.32. The lowest BCUT2D eigenvalue weighted by Crippen LogP contribution is -2.49. The lowest BCUT2D eigenvalue weighted by atomic mass is 10.1. The van der Waals surface area contributed by atoms with E-state index in [0.29, 0.717) is 34.8 Å². The molecule has 6 rings (SSSR count). The molecule has 0 aliphatic carbocycles. The van der Waals surface area contributed by atoms with Crippen molar-refractivity contribution in [3.8, 4) is 6.01 Å². The second kappa shape index (κ2) is 10.7. The molecule has 2 N–H and O–H groups in total. The molecule has 10 nitrogen and oxygen atoms in total. The molecule has 0 spiro atoms. The van der Waals surface area contributed by atoms with Gasteiger partial charge in [0.25, 0.3) is 5.91 Å². The van der Waals surface area contributed by atoms with E-state index in [-0.39, 0.29) is 17.6 Å². The molecule has 2 aromatic heterocycles. The van der Waals surface area contributed by atoms with Gasteiger partial charge in [-0.15, -0.1) is 0 Å². The Morgan fingerprint density at radius 1 is 1.28 bits per heavy atom. The molecule has 2 atom stereocenters. The topological polar surface area (TPSA) is 106 Å². The Balaban J connectivity index is 1.34. The van der Waals surface area contributed by atoms with Crippen molar-refractivity contribution in [2.24, 2.45) is 7.05 Å². The van der Waals surface area contributed by atoms with Crippen molar-refractivity contribution < 1.29 is 18.7 Å². The number of benzene rings is 2. The monoisotopic (exact) mass is 533 g/mol. The number of aryl methyl sites for hydroxylation is 1. The number of amides is 1. The second-order valence-electron chi connectivity index (χ2n) is 10.3. The van der Waals surface area contributed by atoms with Crippen LogP contribution >= 0.6 is 0 Å². The zero-order valence-electron chi connectivity index (χ0n) is 22.1. The van der Waals surface area contributed by atoms with Gasteiger partial charge in [0, 0.05) is 73.9 Å². The Bertz CT molecular complexity index is 1520. The molecule has 2 aliphatic rings. The molecule has 204 valence electrons. The first-order chi connectivity index (χ1) is 18.9. The number of hydrogen-bond acceptors (Lipinski definition) is 8. The first-order valence-electron chi connectivity index (χ1n) is 13.4. The number of rotatable bonds is 6. The van der Waals surface area contributed by atoms with Gasteiger partial charge in [0.2, 0.25) is 0 Å². The summed E-state index contributed by atoms with van der Waals surface area (Å²) in [6.45, 7) is 5.73. The molecule has 11 heteroatoms. The fourth-order valence-corrected chi connectivity index (χ4v) is 5.36. The highest BCUT2D eigenvalue weighted by Gasteiger charge is 2.23. The van der Waals surface area contributed by atoms with Crippen LogP contribution in [0.5, 0.6) is 6.01 Å². The molecule has 39 heavy (non-hydrogen) atoms. The minimum absolute atomic E-state index is 0.00628. The molecule has 2 aliphatic heterocycles. The zero-order chi connectivity index (χ0) is 26.9. The van der Waals surface area contributed by atoms with Gasteiger partial charge in [-0.2, -0.15) is 10.1 Å². The van der Waals surface area contributed by atoms with E-state index in [4.69, 9.17) is 9.47 Å². The van der Waals surface area contributed by atoms with Crippen LogP contribution in [0.1, 0.15) is 36.5 Å². The van der Waals surface area contributed by atoms with Gasteiger partial charge in [-0.25, -0.2) is 9.37 Å². The number of halogens is 1. The summed E-state index contributed by atoms with van der Waals surface area (Å²) in [7, 11) is 1.73. The number of fused-ring (bicyclic) bond motifs is 2. The number of ether oxygens (including phenoxy) is 2. The molecule has 0 bridgehead atoms. The van der Waals surface area contributed by atoms with Gasteiger partial charge in [-0.1, -0.05) is 0 Å². The van der Waals surface area contributed by atoms with Gasteiger partial charge in [-0.3, -0.25) is 9.48 Å². The van der Waals surface area contributed by atoms with Gasteiger partial charge in [-0.05, 0) is 50.5 Å². The van der Waals surface area contributed by atoms with Gasteiger partial charge >= 0.3 is 6.01 Å². The van der Waals surface area contributed by atoms with Gasteiger partial charge in [0.15, 0.2) is 5.82 Å². The summed E-state index contributed by atoms with van der Waals surface area (Å²) in [5.41, 5.74) is 2.39. The molecule has 2 fully saturated rings. The van der Waals surface area contributed by atoms with E-state index in [1.807, 2.05) is 6.07 Å². The molecule has 4 aromatic rings. The van der Waals surface area contributed by atoms with E-state index in [2.05, 4.69) is 37.5 Å². The fourth-order valence-electron chi connectivity index (χ4n) is 5.36. The largest absolute Gasteiger partial charge is 0.461 e. The van der Waals surface area contributed by atoms with E-state index >= 15 is 0 Å². The molecule has 0 saturated carbocycles. The van der Waals surface area contributed by atoms with Crippen molar-refractivity contribution in [3.63, 3.8) is 0 Å². The Morgan fingerprint density at radius 2 is 2.18 bits per heavy atom. The molecule has 1 amide bonds. The standard InChI is InChI=1S/C28H32FN7O3/c1-17-14-36(9-8-30-17)24-7-6-21(27(37)32-19-11-18-15-35(2)34-25(18)23(29)12-19)26-22(24)13-31-28(33-26)39-16-20-5-3-4-10-38-20/h6-7,11-13,15,17,20,30H,3-5,8-10,14,16H2,1-2H3,(H,32,37). The van der Waals surface area contributed by atoms with Crippen molar-refractivity contribution in [1.82, 2.24) is 25.1 Å². The highest BCUT2D eigenvalue weighted by atomic mass is 19.1. The van der Waals surface area contributed by atoms with Crippen LogP contribution in [-0.4, -0.2) is 70.6 Å². The minimum Gasteiger partial charge on any atom is -0.461 e. The number of nitrogens with zero attached hydrogens (tertiary/aromatic N) is 5. The van der Waals surface area contributed by atoms with Crippen molar-refractivity contribution in [2.75, 3.05) is 43.1 Å². The number of anilines is 2. The number of carbonyl (C=O) groups is 1. The summed E-state index contributed by atoms with van der Waals surface area (Å²) < 4.78 is 27.9. The quantitative estimate of drug-likeness (QED) is 0.387. The maximum atomic E-state index is 14.7. The van der Waals surface area contributed by atoms with Gasteiger partial charge in [0.05, 0.1) is 17.2 Å². The second-order valence-corrected chi connectivity index (χ2v) is 10.3. The van der Waals surface area contributed by atoms with Crippen LogP contribution in [0.3, 0.4) is 0 Å². The Kier molecular flexibility index (Phi) is 7.01. The maximum absolute atomic E-state index is 14.7. The molecule has 4 heterocycles. The Morgan fingerprint density at radius 3 is 3.00 bits per heavy atom. The average molecular weight is 534 g/mol. The molecular weight excluding hydrogens is 501 g/mol. The number of hydrogen-bond donors (Lipinski definition) is 2. The molecule has 2 saturated heterocycles. The van der Waals surface area contributed by atoms with E-state index in [9.17, 15) is 9.18 Å². The van der Waals surface area contributed by atoms with Crippen LogP contribution in [0.25, 0.3) is 21.8 Å². The summed E-state index contributed by atoms with van der Waals surface area (Å²) >= 11 is 0. The summed E-state index contributed by atoms with van der Waals surface area (Å²) in [5, 5.41) is 11.8. The van der Waals surface area contributed by atoms with E-state index in [0.717, 1.165) is 56.6 Å². The van der Waals surface area contributed by atoms with Crippen LogP contribution in [-0.2, 0) is 11.8 Å². The van der Waals surface area contributed by atoms with Crippen LogP contribution in [0.15, 0.2) is 36.7 Å². The third-order valence-corrected chi connectivity index (χ3v) is 7.27. The number of carbonyl (C=O) groups excluding carboxylic acids is 1. The predicted octanol–water partition coefficient (Wildman–Crippen LogP) is 3.65. The Hall–Kier alpha value is -3.83. The summed E-state index contributed by atoms with van der Waals surface area (Å²) in [6.07, 6.45) is 6.54. The SMILES string of the molecule is CC1CN(c2ccc(C(=O)Nc3cc(F)c4nn(C)cc4c3)c3nc(OCC4CCCCO4)ncc23)CCN1. The summed E-state index contributed by atoms with van der Waals surface area (Å²) in [6, 6.07) is 7.20. The summed E-state index contributed by atoms with van der Waals surface area (Å²) in [4.78, 5) is 25.0. The molecule has 0 radical (unpaired) electrons. The fraction of sp³-hybridized carbons (Fsp3) is 0.429. The Labute approximate surface area is 225 Å². The van der Waals surface area contributed by atoms with Crippen LogP contribution in [0.2, 0.25) is 0 Å². The third kappa shape index (κ3) is 5.37. The molecule has 2 unspecified atom stereocenters. The normalized spacial score (nSPS) is 19.9. The highest BCUT2D eigenvalue weighted by molar-refractivity contribution is 6.14. The zero-order valence-corrected chi connectivity index (χ0v) is 22.1. The smallest absolute Gasteiger partial charge is 0.317 e. The number of aromatic nitrogens is 4. The van der Waals surface area contributed by atoms with Crippen molar-refractivity contribution in [1.29, 1.82) is 0 Å². The predicted molar refractivity (Wildman–Crippen MR) is 147 cm³/mol.